The summed E-state index contributed by atoms with van der Waals surface area (Å²) in [7, 11) is 0. The summed E-state index contributed by atoms with van der Waals surface area (Å²) in [6, 6.07) is 5.40. The van der Waals surface area contributed by atoms with E-state index in [9.17, 15) is 4.79 Å². The van der Waals surface area contributed by atoms with Gasteiger partial charge in [-0.05, 0) is 17.7 Å². The van der Waals surface area contributed by atoms with Crippen LogP contribution in [0.1, 0.15) is 37.7 Å². The monoisotopic (exact) mass is 311 g/mol. The summed E-state index contributed by atoms with van der Waals surface area (Å²) < 4.78 is 1.70. The fraction of sp³-hybridized carbons (Fsp3) is 0.235. The molecule has 0 amide bonds. The van der Waals surface area contributed by atoms with Gasteiger partial charge >= 0.3 is 0 Å². The summed E-state index contributed by atoms with van der Waals surface area (Å²) >= 11 is 1.50. The molecule has 4 nitrogen and oxygen atoms in total. The lowest BCUT2D eigenvalue weighted by Gasteiger charge is -2.17. The van der Waals surface area contributed by atoms with E-state index in [2.05, 4.69) is 30.7 Å². The second-order valence-corrected chi connectivity index (χ2v) is 6.96. The molecule has 3 aromatic rings. The highest BCUT2D eigenvalue weighted by Gasteiger charge is 2.20. The van der Waals surface area contributed by atoms with E-state index >= 15 is 0 Å². The summed E-state index contributed by atoms with van der Waals surface area (Å²) in [6.07, 6.45) is 7.25. The number of hydrogen-bond acceptors (Lipinski definition) is 4. The number of nitrogens with zero attached hydrogens (tertiary/aromatic N) is 3. The van der Waals surface area contributed by atoms with Gasteiger partial charge in [0.2, 0.25) is 0 Å². The van der Waals surface area contributed by atoms with Crippen molar-refractivity contribution in [1.82, 2.24) is 14.4 Å². The van der Waals surface area contributed by atoms with Crippen LogP contribution in [0.2, 0.25) is 0 Å². The number of aromatic nitrogens is 3. The third kappa shape index (κ3) is 2.85. The molecule has 0 unspecified atom stereocenters. The molecule has 0 fully saturated rings. The Bertz CT molecular complexity index is 886. The van der Waals surface area contributed by atoms with Crippen molar-refractivity contribution >= 4 is 28.4 Å². The Labute approximate surface area is 132 Å². The summed E-state index contributed by atoms with van der Waals surface area (Å²) in [5.74, 6) is 0. The van der Waals surface area contributed by atoms with Crippen LogP contribution >= 0.6 is 11.3 Å². The van der Waals surface area contributed by atoms with Crippen LogP contribution < -0.4 is 5.56 Å². The van der Waals surface area contributed by atoms with Gasteiger partial charge in [0.15, 0.2) is 4.96 Å². The molecule has 0 spiro atoms. The predicted molar refractivity (Wildman–Crippen MR) is 91.2 cm³/mol. The minimum Gasteiger partial charge on any atom is -0.269 e. The normalized spacial score (nSPS) is 12.3. The van der Waals surface area contributed by atoms with Crippen molar-refractivity contribution in [2.24, 2.45) is 0 Å². The molecule has 0 atom stereocenters. The third-order valence-corrected chi connectivity index (χ3v) is 4.15. The number of pyridine rings is 1. The van der Waals surface area contributed by atoms with E-state index in [1.165, 1.54) is 11.3 Å². The van der Waals surface area contributed by atoms with Crippen LogP contribution in [0.4, 0.5) is 0 Å². The quantitative estimate of drug-likeness (QED) is 0.726. The van der Waals surface area contributed by atoms with E-state index in [1.54, 1.807) is 22.9 Å². The number of rotatable bonds is 2. The minimum absolute atomic E-state index is 0.0398. The molecule has 0 radical (unpaired) electrons. The first-order chi connectivity index (χ1) is 10.4. The Hall–Kier alpha value is -2.27. The van der Waals surface area contributed by atoms with Crippen molar-refractivity contribution in [1.29, 1.82) is 0 Å². The molecule has 22 heavy (non-hydrogen) atoms. The first-order valence-corrected chi connectivity index (χ1v) is 7.93. The smallest absolute Gasteiger partial charge is 0.259 e. The molecular weight excluding hydrogens is 294 g/mol. The molecule has 3 heterocycles. The van der Waals surface area contributed by atoms with Gasteiger partial charge in [0.1, 0.15) is 0 Å². The third-order valence-electron chi connectivity index (χ3n) is 3.32. The van der Waals surface area contributed by atoms with Crippen LogP contribution in [0.25, 0.3) is 17.1 Å². The maximum atomic E-state index is 12.4. The van der Waals surface area contributed by atoms with E-state index < -0.39 is 0 Å². The highest BCUT2D eigenvalue weighted by Crippen LogP contribution is 2.25. The molecule has 5 heteroatoms. The minimum atomic E-state index is -0.0865. The average molecular weight is 311 g/mol. The topological polar surface area (TPSA) is 47.3 Å². The Morgan fingerprint density at radius 1 is 1.27 bits per heavy atom. The van der Waals surface area contributed by atoms with Crippen LogP contribution in [-0.2, 0) is 5.41 Å². The van der Waals surface area contributed by atoms with Crippen LogP contribution in [0, 0.1) is 0 Å². The van der Waals surface area contributed by atoms with Crippen molar-refractivity contribution in [3.05, 3.63) is 63.3 Å². The largest absolute Gasteiger partial charge is 0.269 e. The lowest BCUT2D eigenvalue weighted by Crippen LogP contribution is -2.22. The fourth-order valence-corrected chi connectivity index (χ4v) is 3.32. The van der Waals surface area contributed by atoms with Crippen LogP contribution in [0.3, 0.4) is 0 Å². The Morgan fingerprint density at radius 3 is 2.77 bits per heavy atom. The first kappa shape index (κ1) is 14.7. The molecule has 0 saturated heterocycles. The lowest BCUT2D eigenvalue weighted by molar-refractivity contribution is 0.561. The van der Waals surface area contributed by atoms with E-state index in [4.69, 9.17) is 0 Å². The highest BCUT2D eigenvalue weighted by molar-refractivity contribution is 7.15. The van der Waals surface area contributed by atoms with Gasteiger partial charge in [-0.3, -0.25) is 14.2 Å². The van der Waals surface area contributed by atoms with Crippen molar-refractivity contribution in [3.63, 3.8) is 0 Å². The summed E-state index contributed by atoms with van der Waals surface area (Å²) in [6.45, 7) is 6.28. The Kier molecular flexibility index (Phi) is 3.66. The van der Waals surface area contributed by atoms with E-state index in [0.29, 0.717) is 5.69 Å². The molecule has 3 aromatic heterocycles. The van der Waals surface area contributed by atoms with Gasteiger partial charge in [0, 0.05) is 34.9 Å². The fourth-order valence-electron chi connectivity index (χ4n) is 2.19. The van der Waals surface area contributed by atoms with Gasteiger partial charge in [0.05, 0.1) is 5.69 Å². The Balaban J connectivity index is 2.04. The summed E-state index contributed by atoms with van der Waals surface area (Å²) in [5, 5.41) is 2.01. The molecule has 0 aromatic carbocycles. The van der Waals surface area contributed by atoms with E-state index in [-0.39, 0.29) is 11.0 Å². The zero-order valence-electron chi connectivity index (χ0n) is 12.8. The van der Waals surface area contributed by atoms with Crippen LogP contribution in [0.15, 0.2) is 40.8 Å². The summed E-state index contributed by atoms with van der Waals surface area (Å²) in [5.41, 5.74) is 2.51. The van der Waals surface area contributed by atoms with E-state index in [1.807, 2.05) is 29.7 Å². The molecule has 0 aliphatic rings. The summed E-state index contributed by atoms with van der Waals surface area (Å²) in [4.78, 5) is 21.8. The number of fused-ring (bicyclic) bond motifs is 1. The van der Waals surface area contributed by atoms with Crippen molar-refractivity contribution in [2.75, 3.05) is 0 Å². The Morgan fingerprint density at radius 2 is 2.09 bits per heavy atom. The van der Waals surface area contributed by atoms with Crippen molar-refractivity contribution in [2.45, 2.75) is 26.2 Å². The molecule has 0 aliphatic heterocycles. The van der Waals surface area contributed by atoms with Gasteiger partial charge in [-0.15, -0.1) is 11.3 Å². The lowest BCUT2D eigenvalue weighted by atomic mass is 9.93. The molecular formula is C17H17N3OS. The zero-order chi connectivity index (χ0) is 15.7. The maximum absolute atomic E-state index is 12.4. The SMILES string of the molecule is CC(C)(C)c1csc2nc(C=Cc3cccnc3)cc(=O)n12. The van der Waals surface area contributed by atoms with Gasteiger partial charge < -0.3 is 0 Å². The number of hydrogen-bond donors (Lipinski definition) is 0. The van der Waals surface area contributed by atoms with Gasteiger partial charge in [-0.2, -0.15) is 0 Å². The van der Waals surface area contributed by atoms with Crippen LogP contribution in [-0.4, -0.2) is 14.4 Å². The highest BCUT2D eigenvalue weighted by atomic mass is 32.1. The van der Waals surface area contributed by atoms with Gasteiger partial charge in [0.25, 0.3) is 5.56 Å². The molecule has 0 bridgehead atoms. The second-order valence-electron chi connectivity index (χ2n) is 6.13. The zero-order valence-corrected chi connectivity index (χ0v) is 13.6. The number of thiazole rings is 1. The molecule has 0 N–H and O–H groups in total. The van der Waals surface area contributed by atoms with Crippen molar-refractivity contribution < 1.29 is 0 Å². The maximum Gasteiger partial charge on any atom is 0.259 e. The van der Waals surface area contributed by atoms with E-state index in [0.717, 1.165) is 16.2 Å². The van der Waals surface area contributed by atoms with Crippen LogP contribution in [0.5, 0.6) is 0 Å². The second kappa shape index (κ2) is 5.50. The standard InChI is InChI=1S/C17H17N3OS/c1-17(2,3)14-11-22-16-19-13(9-15(21)20(14)16)7-6-12-5-4-8-18-10-12/h4-11H,1-3H3. The molecule has 112 valence electrons. The molecule has 0 aliphatic carbocycles. The predicted octanol–water partition coefficient (Wildman–Crippen LogP) is 3.62. The molecule has 3 rings (SSSR count). The molecule has 0 saturated carbocycles. The average Bonchev–Trinajstić information content (AvgIpc) is 2.91. The van der Waals surface area contributed by atoms with Crippen molar-refractivity contribution in [3.8, 4) is 0 Å². The first-order valence-electron chi connectivity index (χ1n) is 7.05. The van der Waals surface area contributed by atoms with Gasteiger partial charge in [-0.25, -0.2) is 4.98 Å². The van der Waals surface area contributed by atoms with Gasteiger partial charge in [-0.1, -0.05) is 32.9 Å².